The van der Waals surface area contributed by atoms with Gasteiger partial charge >= 0.3 is 6.09 Å². The van der Waals surface area contributed by atoms with Crippen LogP contribution in [0.4, 0.5) is 9.18 Å². The minimum Gasteiger partial charge on any atom is -0.444 e. The van der Waals surface area contributed by atoms with Gasteiger partial charge in [0.1, 0.15) is 11.4 Å². The van der Waals surface area contributed by atoms with Gasteiger partial charge in [-0.2, -0.15) is 5.26 Å². The summed E-state index contributed by atoms with van der Waals surface area (Å²) in [6, 6.07) is 7.09. The molecule has 2 unspecified atom stereocenters. The summed E-state index contributed by atoms with van der Waals surface area (Å²) < 4.78 is 19.4. The van der Waals surface area contributed by atoms with Crippen LogP contribution in [0, 0.1) is 17.1 Å². The Morgan fingerprint density at radius 2 is 2.15 bits per heavy atom. The molecule has 0 N–H and O–H groups in total. The standard InChI is InChI=1S/C21H25FN2O2/c1-21(2,3)26-20(25)24-17-5-4-6-18(24)13-16(12-17)14-7-8-19(22)15(11-14)9-10-23/h7-8,11-12,17-18H,4-6,9,13H2,1-3H3. The Morgan fingerprint density at radius 1 is 1.38 bits per heavy atom. The molecule has 3 rings (SSSR count). The zero-order valence-electron chi connectivity index (χ0n) is 15.6. The number of hydrogen-bond donors (Lipinski definition) is 0. The fraction of sp³-hybridized carbons (Fsp3) is 0.524. The highest BCUT2D eigenvalue weighted by Crippen LogP contribution is 2.38. The Morgan fingerprint density at radius 3 is 2.81 bits per heavy atom. The van der Waals surface area contributed by atoms with Crippen LogP contribution in [-0.2, 0) is 11.2 Å². The van der Waals surface area contributed by atoms with Crippen LogP contribution in [0.5, 0.6) is 0 Å². The molecule has 26 heavy (non-hydrogen) atoms. The molecule has 1 saturated heterocycles. The first-order chi connectivity index (χ1) is 12.3. The second kappa shape index (κ2) is 7.11. The Balaban J connectivity index is 1.88. The van der Waals surface area contributed by atoms with Crippen molar-refractivity contribution in [3.05, 3.63) is 41.2 Å². The zero-order valence-corrected chi connectivity index (χ0v) is 15.6. The number of carbonyl (C=O) groups is 1. The summed E-state index contributed by atoms with van der Waals surface area (Å²) in [5, 5.41) is 8.88. The van der Waals surface area contributed by atoms with Crippen molar-refractivity contribution in [2.45, 2.75) is 70.6 Å². The van der Waals surface area contributed by atoms with Crippen molar-refractivity contribution < 1.29 is 13.9 Å². The van der Waals surface area contributed by atoms with Crippen LogP contribution in [0.15, 0.2) is 24.3 Å². The van der Waals surface area contributed by atoms with Crippen LogP contribution in [0.2, 0.25) is 0 Å². The highest BCUT2D eigenvalue weighted by molar-refractivity contribution is 5.75. The van der Waals surface area contributed by atoms with E-state index in [0.717, 1.165) is 36.8 Å². The Kier molecular flexibility index (Phi) is 5.04. The van der Waals surface area contributed by atoms with E-state index in [-0.39, 0.29) is 30.4 Å². The van der Waals surface area contributed by atoms with Crippen molar-refractivity contribution in [1.29, 1.82) is 5.26 Å². The van der Waals surface area contributed by atoms with Gasteiger partial charge in [0.15, 0.2) is 0 Å². The van der Waals surface area contributed by atoms with Gasteiger partial charge in [0, 0.05) is 11.6 Å². The molecule has 0 aromatic heterocycles. The number of benzene rings is 1. The maximum atomic E-state index is 13.8. The number of rotatable bonds is 2. The minimum absolute atomic E-state index is 0.0109. The number of halogens is 1. The van der Waals surface area contributed by atoms with Gasteiger partial charge in [-0.05, 0) is 69.7 Å². The molecule has 138 valence electrons. The van der Waals surface area contributed by atoms with E-state index in [2.05, 4.69) is 6.08 Å². The Labute approximate surface area is 154 Å². The first-order valence-corrected chi connectivity index (χ1v) is 9.16. The van der Waals surface area contributed by atoms with Gasteiger partial charge in [-0.3, -0.25) is 4.90 Å². The maximum Gasteiger partial charge on any atom is 0.411 e. The highest BCUT2D eigenvalue weighted by Gasteiger charge is 2.39. The minimum atomic E-state index is -0.515. The predicted octanol–water partition coefficient (Wildman–Crippen LogP) is 4.84. The van der Waals surface area contributed by atoms with Crippen molar-refractivity contribution in [1.82, 2.24) is 4.90 Å². The van der Waals surface area contributed by atoms with Gasteiger partial charge < -0.3 is 4.74 Å². The molecule has 2 aliphatic heterocycles. The summed E-state index contributed by atoms with van der Waals surface area (Å²) in [4.78, 5) is 14.5. The van der Waals surface area contributed by atoms with E-state index >= 15 is 0 Å². The lowest BCUT2D eigenvalue weighted by Crippen LogP contribution is -2.53. The van der Waals surface area contributed by atoms with Crippen molar-refractivity contribution in [2.24, 2.45) is 0 Å². The number of hydrogen-bond acceptors (Lipinski definition) is 3. The molecule has 2 atom stereocenters. The first kappa shape index (κ1) is 18.4. The van der Waals surface area contributed by atoms with Crippen molar-refractivity contribution in [2.75, 3.05) is 0 Å². The first-order valence-electron chi connectivity index (χ1n) is 9.16. The fourth-order valence-electron chi connectivity index (χ4n) is 3.84. The molecule has 2 aliphatic rings. The van der Waals surface area contributed by atoms with E-state index in [9.17, 15) is 9.18 Å². The number of ether oxygens (including phenoxy) is 1. The van der Waals surface area contributed by atoms with E-state index in [4.69, 9.17) is 10.00 Å². The van der Waals surface area contributed by atoms with Crippen LogP contribution in [-0.4, -0.2) is 28.7 Å². The molecule has 2 bridgehead atoms. The fourth-order valence-corrected chi connectivity index (χ4v) is 3.84. The zero-order chi connectivity index (χ0) is 18.9. The summed E-state index contributed by atoms with van der Waals surface area (Å²) in [5.41, 5.74) is 1.97. The third-order valence-corrected chi connectivity index (χ3v) is 4.93. The average molecular weight is 356 g/mol. The van der Waals surface area contributed by atoms with E-state index in [1.165, 1.54) is 6.07 Å². The lowest BCUT2D eigenvalue weighted by Gasteiger charge is -2.45. The number of piperidine rings is 1. The summed E-state index contributed by atoms with van der Waals surface area (Å²) in [6.07, 6.45) is 5.58. The van der Waals surface area contributed by atoms with Crippen LogP contribution in [0.1, 0.15) is 57.6 Å². The third kappa shape index (κ3) is 3.90. The molecule has 5 heteroatoms. The highest BCUT2D eigenvalue weighted by atomic mass is 19.1. The molecule has 2 heterocycles. The Bertz CT molecular complexity index is 773. The largest absolute Gasteiger partial charge is 0.444 e. The average Bonchev–Trinajstić information content (AvgIpc) is 2.54. The lowest BCUT2D eigenvalue weighted by atomic mass is 9.82. The third-order valence-electron chi connectivity index (χ3n) is 4.93. The van der Waals surface area contributed by atoms with Crippen LogP contribution in [0.3, 0.4) is 0 Å². The van der Waals surface area contributed by atoms with E-state index < -0.39 is 5.60 Å². The number of fused-ring (bicyclic) bond motifs is 2. The van der Waals surface area contributed by atoms with Crippen LogP contribution in [0.25, 0.3) is 5.57 Å². The molecule has 1 fully saturated rings. The van der Waals surface area contributed by atoms with Gasteiger partial charge in [0.25, 0.3) is 0 Å². The summed E-state index contributed by atoms with van der Waals surface area (Å²) in [5.74, 6) is -0.345. The Hall–Kier alpha value is -2.35. The van der Waals surface area contributed by atoms with E-state index in [1.807, 2.05) is 31.7 Å². The van der Waals surface area contributed by atoms with Crippen LogP contribution < -0.4 is 0 Å². The van der Waals surface area contributed by atoms with Gasteiger partial charge in [-0.25, -0.2) is 9.18 Å². The molecule has 0 radical (unpaired) electrons. The van der Waals surface area contributed by atoms with Gasteiger partial charge in [0.05, 0.1) is 18.5 Å². The molecular formula is C21H25FN2O2. The molecule has 1 aromatic rings. The van der Waals surface area contributed by atoms with Gasteiger partial charge in [-0.1, -0.05) is 12.1 Å². The van der Waals surface area contributed by atoms with Crippen molar-refractivity contribution in [3.8, 4) is 6.07 Å². The number of nitrogens with zero attached hydrogens (tertiary/aromatic N) is 2. The van der Waals surface area contributed by atoms with Gasteiger partial charge in [-0.15, -0.1) is 0 Å². The monoisotopic (exact) mass is 356 g/mol. The maximum absolute atomic E-state index is 13.8. The molecule has 0 aliphatic carbocycles. The number of nitriles is 1. The topological polar surface area (TPSA) is 53.3 Å². The summed E-state index contributed by atoms with van der Waals surface area (Å²) >= 11 is 0. The molecule has 0 spiro atoms. The quantitative estimate of drug-likeness (QED) is 0.762. The summed E-state index contributed by atoms with van der Waals surface area (Å²) in [6.45, 7) is 5.63. The SMILES string of the molecule is CC(C)(C)OC(=O)N1C2C=C(c3ccc(F)c(CC#N)c3)CC1CCC2. The molecule has 1 aromatic carbocycles. The van der Waals surface area contributed by atoms with Crippen molar-refractivity contribution >= 4 is 11.7 Å². The number of amides is 1. The van der Waals surface area contributed by atoms with Crippen molar-refractivity contribution in [3.63, 3.8) is 0 Å². The second-order valence-corrected chi connectivity index (χ2v) is 8.08. The molecule has 1 amide bonds. The van der Waals surface area contributed by atoms with Gasteiger partial charge in [0.2, 0.25) is 0 Å². The number of carbonyl (C=O) groups excluding carboxylic acids is 1. The predicted molar refractivity (Wildman–Crippen MR) is 97.8 cm³/mol. The van der Waals surface area contributed by atoms with Crippen LogP contribution >= 0.6 is 0 Å². The lowest BCUT2D eigenvalue weighted by molar-refractivity contribution is 0.0000846. The molecule has 0 saturated carbocycles. The van der Waals surface area contributed by atoms with E-state index in [0.29, 0.717) is 5.56 Å². The molecular weight excluding hydrogens is 331 g/mol. The normalized spacial score (nSPS) is 22.4. The molecule has 4 nitrogen and oxygen atoms in total. The summed E-state index contributed by atoms with van der Waals surface area (Å²) in [7, 11) is 0. The van der Waals surface area contributed by atoms with E-state index in [1.54, 1.807) is 12.1 Å². The second-order valence-electron chi connectivity index (χ2n) is 8.08. The smallest absolute Gasteiger partial charge is 0.411 e.